The highest BCUT2D eigenvalue weighted by molar-refractivity contribution is 7.22. The Morgan fingerprint density at radius 3 is 2.77 bits per heavy atom. The van der Waals surface area contributed by atoms with Crippen LogP contribution in [0.5, 0.6) is 17.2 Å². The summed E-state index contributed by atoms with van der Waals surface area (Å²) in [5.74, 6) is 0.237. The van der Waals surface area contributed by atoms with Gasteiger partial charge in [-0.05, 0) is 73.5 Å². The van der Waals surface area contributed by atoms with Gasteiger partial charge in [0.1, 0.15) is 29.1 Å². The van der Waals surface area contributed by atoms with E-state index in [9.17, 15) is 14.7 Å². The number of thiazole rings is 1. The van der Waals surface area contributed by atoms with Crippen LogP contribution in [0.4, 0.5) is 5.13 Å². The van der Waals surface area contributed by atoms with Gasteiger partial charge in [-0.2, -0.15) is 0 Å². The molecule has 0 spiro atoms. The van der Waals surface area contributed by atoms with Crippen molar-refractivity contribution in [1.82, 2.24) is 4.98 Å². The number of anilines is 1. The molecule has 1 N–H and O–H groups in total. The molecule has 0 aliphatic carbocycles. The molecule has 0 radical (unpaired) electrons. The summed E-state index contributed by atoms with van der Waals surface area (Å²) in [6.45, 7) is 4.32. The predicted molar refractivity (Wildman–Crippen MR) is 149 cm³/mol. The zero-order valence-corrected chi connectivity index (χ0v) is 22.5. The standard InChI is InChI=1S/C30H26N2O6S/c1-4-37-21-7-5-6-17(14-21)26-25(27(33)18-8-11-23-19(13-18)12-16(2)38-23)28(34)29(35)32(26)30-31-22-10-9-20(36-3)15-24(22)39-30/h5-11,13-16,26,33H,4,12H2,1-3H3/t16-,26+/m0/s1. The molecule has 1 amide bonds. The maximum absolute atomic E-state index is 13.6. The average Bonchev–Trinajstić information content (AvgIpc) is 3.60. The Bertz CT molecular complexity index is 1660. The molecule has 8 nitrogen and oxygen atoms in total. The third-order valence-electron chi connectivity index (χ3n) is 6.89. The maximum Gasteiger partial charge on any atom is 0.301 e. The molecule has 0 saturated carbocycles. The highest BCUT2D eigenvalue weighted by Gasteiger charge is 2.48. The van der Waals surface area contributed by atoms with E-state index in [4.69, 9.17) is 14.2 Å². The van der Waals surface area contributed by atoms with E-state index in [1.54, 1.807) is 37.4 Å². The van der Waals surface area contributed by atoms with Gasteiger partial charge in [0.15, 0.2) is 5.13 Å². The van der Waals surface area contributed by atoms with Crippen molar-refractivity contribution in [3.63, 3.8) is 0 Å². The summed E-state index contributed by atoms with van der Waals surface area (Å²) in [4.78, 5) is 33.2. The summed E-state index contributed by atoms with van der Waals surface area (Å²) >= 11 is 1.28. The van der Waals surface area contributed by atoms with Gasteiger partial charge in [0.05, 0.1) is 35.5 Å². The molecule has 198 valence electrons. The van der Waals surface area contributed by atoms with Gasteiger partial charge in [0.2, 0.25) is 0 Å². The third kappa shape index (κ3) is 4.28. The van der Waals surface area contributed by atoms with E-state index in [-0.39, 0.29) is 17.4 Å². The van der Waals surface area contributed by atoms with Crippen molar-refractivity contribution in [2.45, 2.75) is 32.4 Å². The second-order valence-electron chi connectivity index (χ2n) is 9.46. The van der Waals surface area contributed by atoms with Crippen LogP contribution in [0.2, 0.25) is 0 Å². The van der Waals surface area contributed by atoms with Gasteiger partial charge in [-0.1, -0.05) is 23.5 Å². The second kappa shape index (κ2) is 9.74. The molecule has 39 heavy (non-hydrogen) atoms. The molecule has 1 fully saturated rings. The Hall–Kier alpha value is -4.37. The van der Waals surface area contributed by atoms with E-state index >= 15 is 0 Å². The number of amides is 1. The number of nitrogens with zero attached hydrogens (tertiary/aromatic N) is 2. The zero-order valence-electron chi connectivity index (χ0n) is 21.6. The van der Waals surface area contributed by atoms with E-state index in [0.717, 1.165) is 16.0 Å². The average molecular weight is 543 g/mol. The summed E-state index contributed by atoms with van der Waals surface area (Å²) in [6, 6.07) is 17.1. The minimum absolute atomic E-state index is 0.00241. The quantitative estimate of drug-likeness (QED) is 0.191. The van der Waals surface area contributed by atoms with Crippen LogP contribution in [-0.4, -0.2) is 41.6 Å². The van der Waals surface area contributed by atoms with Gasteiger partial charge in [0.25, 0.3) is 5.78 Å². The lowest BCUT2D eigenvalue weighted by molar-refractivity contribution is -0.132. The Morgan fingerprint density at radius 2 is 1.97 bits per heavy atom. The van der Waals surface area contributed by atoms with Crippen molar-refractivity contribution in [1.29, 1.82) is 0 Å². The molecule has 0 unspecified atom stereocenters. The smallest absolute Gasteiger partial charge is 0.301 e. The zero-order chi connectivity index (χ0) is 27.3. The van der Waals surface area contributed by atoms with Crippen molar-refractivity contribution in [3.8, 4) is 17.2 Å². The predicted octanol–water partition coefficient (Wildman–Crippen LogP) is 5.65. The minimum atomic E-state index is -0.906. The lowest BCUT2D eigenvalue weighted by atomic mass is 9.94. The number of Topliss-reactive ketones (excluding diaryl/α,β-unsaturated/α-hetero) is 1. The summed E-state index contributed by atoms with van der Waals surface area (Å²) < 4.78 is 17.6. The number of carbonyl (C=O) groups is 2. The number of ether oxygens (including phenoxy) is 3. The molecular weight excluding hydrogens is 516 g/mol. The van der Waals surface area contributed by atoms with E-state index in [1.807, 2.05) is 44.2 Å². The van der Waals surface area contributed by atoms with Crippen LogP contribution in [0.1, 0.15) is 36.6 Å². The first-order valence-electron chi connectivity index (χ1n) is 12.7. The van der Waals surface area contributed by atoms with Crippen molar-refractivity contribution in [3.05, 3.63) is 82.9 Å². The molecule has 6 rings (SSSR count). The molecule has 1 aromatic heterocycles. The largest absolute Gasteiger partial charge is 0.507 e. The molecule has 3 aromatic carbocycles. The lowest BCUT2D eigenvalue weighted by Gasteiger charge is -2.23. The number of methoxy groups -OCH3 is 1. The summed E-state index contributed by atoms with van der Waals surface area (Å²) in [5, 5.41) is 11.9. The van der Waals surface area contributed by atoms with Gasteiger partial charge in [-0.25, -0.2) is 4.98 Å². The van der Waals surface area contributed by atoms with Gasteiger partial charge >= 0.3 is 5.91 Å². The Balaban J connectivity index is 1.53. The summed E-state index contributed by atoms with van der Waals surface area (Å²) in [5.41, 5.74) is 2.68. The van der Waals surface area contributed by atoms with Crippen molar-refractivity contribution in [2.24, 2.45) is 0 Å². The number of aliphatic hydroxyl groups is 1. The summed E-state index contributed by atoms with van der Waals surface area (Å²) in [6.07, 6.45) is 0.724. The highest BCUT2D eigenvalue weighted by Crippen LogP contribution is 2.45. The van der Waals surface area contributed by atoms with Gasteiger partial charge < -0.3 is 19.3 Å². The second-order valence-corrected chi connectivity index (χ2v) is 10.5. The van der Waals surface area contributed by atoms with Crippen LogP contribution in [-0.2, 0) is 16.0 Å². The van der Waals surface area contributed by atoms with E-state index in [0.29, 0.717) is 46.3 Å². The SMILES string of the molecule is CCOc1cccc([C@@H]2C(=C(O)c3ccc4c(c3)C[C@H](C)O4)C(=O)C(=O)N2c2nc3ccc(OC)cc3s2)c1. The molecule has 2 aliphatic heterocycles. The Morgan fingerprint density at radius 1 is 1.13 bits per heavy atom. The van der Waals surface area contributed by atoms with Gasteiger partial charge in [-0.15, -0.1) is 0 Å². The van der Waals surface area contributed by atoms with Gasteiger partial charge in [-0.3, -0.25) is 14.5 Å². The molecule has 4 aromatic rings. The van der Waals surface area contributed by atoms with Crippen molar-refractivity contribution in [2.75, 3.05) is 18.6 Å². The Labute approximate surface area is 229 Å². The first-order chi connectivity index (χ1) is 18.9. The number of hydrogen-bond donors (Lipinski definition) is 1. The number of benzene rings is 3. The number of hydrogen-bond acceptors (Lipinski definition) is 8. The van der Waals surface area contributed by atoms with Crippen LogP contribution in [0.15, 0.2) is 66.2 Å². The molecule has 2 atom stereocenters. The summed E-state index contributed by atoms with van der Waals surface area (Å²) in [7, 11) is 1.58. The van der Waals surface area contributed by atoms with Crippen LogP contribution in [0.3, 0.4) is 0 Å². The minimum Gasteiger partial charge on any atom is -0.507 e. The topological polar surface area (TPSA) is 98.2 Å². The highest BCUT2D eigenvalue weighted by atomic mass is 32.1. The number of fused-ring (bicyclic) bond motifs is 2. The maximum atomic E-state index is 13.6. The molecule has 9 heteroatoms. The monoisotopic (exact) mass is 542 g/mol. The number of aromatic nitrogens is 1. The lowest BCUT2D eigenvalue weighted by Crippen LogP contribution is -2.29. The van der Waals surface area contributed by atoms with Crippen molar-refractivity contribution >= 4 is 44.1 Å². The van der Waals surface area contributed by atoms with Crippen LogP contribution >= 0.6 is 11.3 Å². The number of rotatable bonds is 6. The molecule has 1 saturated heterocycles. The first-order valence-corrected chi connectivity index (χ1v) is 13.5. The van der Waals surface area contributed by atoms with E-state index in [1.165, 1.54) is 16.2 Å². The molecule has 3 heterocycles. The fourth-order valence-electron chi connectivity index (χ4n) is 5.13. The Kier molecular flexibility index (Phi) is 6.23. The van der Waals surface area contributed by atoms with E-state index in [2.05, 4.69) is 4.98 Å². The number of ketones is 1. The number of aliphatic hydroxyl groups excluding tert-OH is 1. The normalized spacial score (nSPS) is 19.8. The molecular formula is C30H26N2O6S. The van der Waals surface area contributed by atoms with E-state index < -0.39 is 17.7 Å². The molecule has 0 bridgehead atoms. The van der Waals surface area contributed by atoms with Gasteiger partial charge in [0, 0.05) is 12.0 Å². The fraction of sp³-hybridized carbons (Fsp3) is 0.233. The number of carbonyl (C=O) groups excluding carboxylic acids is 2. The first kappa shape index (κ1) is 24.9. The van der Waals surface area contributed by atoms with Crippen molar-refractivity contribution < 1.29 is 28.9 Å². The van der Waals surface area contributed by atoms with Crippen LogP contribution in [0.25, 0.3) is 16.0 Å². The van der Waals surface area contributed by atoms with Crippen LogP contribution < -0.4 is 19.1 Å². The van der Waals surface area contributed by atoms with Crippen LogP contribution in [0, 0.1) is 0 Å². The third-order valence-corrected chi connectivity index (χ3v) is 7.91. The fourth-order valence-corrected chi connectivity index (χ4v) is 6.15. The molecule has 2 aliphatic rings.